The number of hydrogen-bond donors (Lipinski definition) is 3. The molecule has 1 aliphatic rings. The van der Waals surface area contributed by atoms with Gasteiger partial charge in [0.25, 0.3) is 0 Å². The Morgan fingerprint density at radius 2 is 2.12 bits per heavy atom. The first-order valence-corrected chi connectivity index (χ1v) is 6.13. The van der Waals surface area contributed by atoms with Crippen LogP contribution in [-0.2, 0) is 4.79 Å². The lowest BCUT2D eigenvalue weighted by Crippen LogP contribution is -2.35. The first kappa shape index (κ1) is 13.5. The van der Waals surface area contributed by atoms with Gasteiger partial charge in [0.1, 0.15) is 0 Å². The minimum absolute atomic E-state index is 0.0998. The molecule has 0 aromatic heterocycles. The van der Waals surface area contributed by atoms with Crippen molar-refractivity contribution in [1.29, 1.82) is 0 Å². The van der Waals surface area contributed by atoms with Gasteiger partial charge in [0.2, 0.25) is 5.91 Å². The summed E-state index contributed by atoms with van der Waals surface area (Å²) in [4.78, 5) is 11.5. The summed E-state index contributed by atoms with van der Waals surface area (Å²) in [6.07, 6.45) is 2.17. The molecule has 0 radical (unpaired) electrons. The molecule has 0 spiro atoms. The highest BCUT2D eigenvalue weighted by Gasteiger charge is 2.25. The summed E-state index contributed by atoms with van der Waals surface area (Å²) >= 11 is 0. The number of hydrogen-bond acceptors (Lipinski definition) is 3. The molecule has 3 unspecified atom stereocenters. The van der Waals surface area contributed by atoms with Gasteiger partial charge in [-0.3, -0.25) is 4.79 Å². The second kappa shape index (κ2) is 6.21. The average molecular weight is 229 g/mol. The maximum Gasteiger partial charge on any atom is 0.222 e. The zero-order valence-corrected chi connectivity index (χ0v) is 10.1. The van der Waals surface area contributed by atoms with E-state index in [-0.39, 0.29) is 30.3 Å². The van der Waals surface area contributed by atoms with E-state index in [9.17, 15) is 15.0 Å². The number of carbonyl (C=O) groups excluding carboxylic acids is 1. The van der Waals surface area contributed by atoms with Crippen LogP contribution in [0, 0.1) is 11.8 Å². The normalized spacial score (nSPS) is 27.1. The van der Waals surface area contributed by atoms with Crippen LogP contribution in [0.1, 0.15) is 39.5 Å². The van der Waals surface area contributed by atoms with Crippen LogP contribution >= 0.6 is 0 Å². The summed E-state index contributed by atoms with van der Waals surface area (Å²) in [6.45, 7) is 4.31. The fraction of sp³-hybridized carbons (Fsp3) is 0.917. The van der Waals surface area contributed by atoms with Gasteiger partial charge in [-0.1, -0.05) is 20.3 Å². The number of amides is 1. The molecule has 0 aliphatic heterocycles. The molecule has 4 nitrogen and oxygen atoms in total. The Labute approximate surface area is 97.0 Å². The fourth-order valence-electron chi connectivity index (χ4n) is 2.00. The molecule has 1 fully saturated rings. The van der Waals surface area contributed by atoms with E-state index in [2.05, 4.69) is 5.32 Å². The van der Waals surface area contributed by atoms with Gasteiger partial charge >= 0.3 is 0 Å². The molecular weight excluding hydrogens is 206 g/mol. The van der Waals surface area contributed by atoms with Gasteiger partial charge in [-0.15, -0.1) is 0 Å². The van der Waals surface area contributed by atoms with Crippen molar-refractivity contribution in [2.45, 2.75) is 51.7 Å². The quantitative estimate of drug-likeness (QED) is 0.649. The highest BCUT2D eigenvalue weighted by Crippen LogP contribution is 2.24. The third-order valence-electron chi connectivity index (χ3n) is 3.34. The van der Waals surface area contributed by atoms with Crippen molar-refractivity contribution >= 4 is 5.91 Å². The number of rotatable bonds is 5. The monoisotopic (exact) mass is 229 g/mol. The molecular formula is C12H23NO3. The maximum atomic E-state index is 11.5. The van der Waals surface area contributed by atoms with E-state index in [4.69, 9.17) is 0 Å². The number of nitrogens with one attached hydrogen (secondary N) is 1. The molecule has 3 atom stereocenters. The van der Waals surface area contributed by atoms with E-state index in [1.165, 1.54) is 0 Å². The first-order valence-electron chi connectivity index (χ1n) is 6.13. The van der Waals surface area contributed by atoms with Gasteiger partial charge in [0, 0.05) is 12.5 Å². The van der Waals surface area contributed by atoms with Gasteiger partial charge in [0.15, 0.2) is 0 Å². The molecule has 1 rings (SSSR count). The minimum atomic E-state index is -0.575. The summed E-state index contributed by atoms with van der Waals surface area (Å²) in [5, 5.41) is 21.9. The van der Waals surface area contributed by atoms with Crippen LogP contribution < -0.4 is 5.32 Å². The zero-order chi connectivity index (χ0) is 12.1. The van der Waals surface area contributed by atoms with Gasteiger partial charge in [-0.25, -0.2) is 0 Å². The molecule has 16 heavy (non-hydrogen) atoms. The Morgan fingerprint density at radius 1 is 1.44 bits per heavy atom. The van der Waals surface area contributed by atoms with Gasteiger partial charge in [-0.2, -0.15) is 0 Å². The third kappa shape index (κ3) is 4.10. The predicted octanol–water partition coefficient (Wildman–Crippen LogP) is 0.671. The van der Waals surface area contributed by atoms with E-state index in [1.807, 2.05) is 13.8 Å². The SMILES string of the molecule is CC(C)C(O)CC(=O)NCC1CCCC1O. The Kier molecular flexibility index (Phi) is 5.22. The Bertz CT molecular complexity index is 230. The van der Waals surface area contributed by atoms with Crippen LogP contribution in [0.15, 0.2) is 0 Å². The van der Waals surface area contributed by atoms with Crippen molar-refractivity contribution in [3.8, 4) is 0 Å². The topological polar surface area (TPSA) is 69.6 Å². The second-order valence-electron chi connectivity index (χ2n) is 5.08. The van der Waals surface area contributed by atoms with E-state index in [1.54, 1.807) is 0 Å². The van der Waals surface area contributed by atoms with Crippen LogP contribution in [0.5, 0.6) is 0 Å². The lowest BCUT2D eigenvalue weighted by atomic mass is 10.0. The third-order valence-corrected chi connectivity index (χ3v) is 3.34. The standard InChI is InChI=1S/C12H23NO3/c1-8(2)11(15)6-12(16)13-7-9-4-3-5-10(9)14/h8-11,14-15H,3-7H2,1-2H3,(H,13,16). The van der Waals surface area contributed by atoms with Crippen molar-refractivity contribution < 1.29 is 15.0 Å². The van der Waals surface area contributed by atoms with E-state index < -0.39 is 6.10 Å². The molecule has 0 saturated heterocycles. The fourth-order valence-corrected chi connectivity index (χ4v) is 2.00. The lowest BCUT2D eigenvalue weighted by molar-refractivity contribution is -0.123. The molecule has 0 aromatic carbocycles. The van der Waals surface area contributed by atoms with Crippen molar-refractivity contribution in [2.75, 3.05) is 6.54 Å². The maximum absolute atomic E-state index is 11.5. The molecule has 0 bridgehead atoms. The summed E-state index contributed by atoms with van der Waals surface area (Å²) < 4.78 is 0. The molecule has 0 heterocycles. The van der Waals surface area contributed by atoms with Crippen molar-refractivity contribution in [3.05, 3.63) is 0 Å². The summed E-state index contributed by atoms with van der Waals surface area (Å²) in [6, 6.07) is 0. The second-order valence-corrected chi connectivity index (χ2v) is 5.08. The van der Waals surface area contributed by atoms with Crippen LogP contribution in [0.25, 0.3) is 0 Å². The Hall–Kier alpha value is -0.610. The lowest BCUT2D eigenvalue weighted by Gasteiger charge is -2.17. The van der Waals surface area contributed by atoms with Crippen LogP contribution in [0.2, 0.25) is 0 Å². The van der Waals surface area contributed by atoms with Crippen LogP contribution in [-0.4, -0.2) is 34.9 Å². The summed E-state index contributed by atoms with van der Waals surface area (Å²) in [7, 11) is 0. The van der Waals surface area contributed by atoms with Crippen LogP contribution in [0.4, 0.5) is 0 Å². The van der Waals surface area contributed by atoms with Gasteiger partial charge in [-0.05, 0) is 18.8 Å². The smallest absolute Gasteiger partial charge is 0.222 e. The average Bonchev–Trinajstić information content (AvgIpc) is 2.61. The number of aliphatic hydroxyl groups excluding tert-OH is 2. The largest absolute Gasteiger partial charge is 0.393 e. The molecule has 1 saturated carbocycles. The van der Waals surface area contributed by atoms with Gasteiger partial charge in [0.05, 0.1) is 18.6 Å². The van der Waals surface area contributed by atoms with Gasteiger partial charge < -0.3 is 15.5 Å². The molecule has 3 N–H and O–H groups in total. The molecule has 94 valence electrons. The van der Waals surface area contributed by atoms with Crippen molar-refractivity contribution in [2.24, 2.45) is 11.8 Å². The first-order chi connectivity index (χ1) is 7.50. The Balaban J connectivity index is 2.19. The molecule has 1 amide bonds. The minimum Gasteiger partial charge on any atom is -0.393 e. The Morgan fingerprint density at radius 3 is 2.62 bits per heavy atom. The molecule has 0 aromatic rings. The summed E-state index contributed by atoms with van der Waals surface area (Å²) in [5.41, 5.74) is 0. The van der Waals surface area contributed by atoms with E-state index in [0.29, 0.717) is 6.54 Å². The molecule has 1 aliphatic carbocycles. The summed E-state index contributed by atoms with van der Waals surface area (Å²) in [5.74, 6) is 0.170. The predicted molar refractivity (Wildman–Crippen MR) is 61.8 cm³/mol. The molecule has 4 heteroatoms. The number of carbonyl (C=O) groups is 1. The van der Waals surface area contributed by atoms with E-state index in [0.717, 1.165) is 19.3 Å². The highest BCUT2D eigenvalue weighted by atomic mass is 16.3. The van der Waals surface area contributed by atoms with Crippen molar-refractivity contribution in [1.82, 2.24) is 5.32 Å². The number of aliphatic hydroxyl groups is 2. The van der Waals surface area contributed by atoms with E-state index >= 15 is 0 Å². The highest BCUT2D eigenvalue weighted by molar-refractivity contribution is 5.76. The zero-order valence-electron chi connectivity index (χ0n) is 10.1. The van der Waals surface area contributed by atoms with Crippen LogP contribution in [0.3, 0.4) is 0 Å². The van der Waals surface area contributed by atoms with Crippen molar-refractivity contribution in [3.63, 3.8) is 0 Å².